The molecule has 4 rings (SSSR count). The number of hydrogen-bond acceptors (Lipinski definition) is 8. The van der Waals surface area contributed by atoms with E-state index in [0.29, 0.717) is 22.4 Å². The van der Waals surface area contributed by atoms with E-state index < -0.39 is 10.9 Å². The first-order valence-corrected chi connectivity index (χ1v) is 11.6. The largest absolute Gasteiger partial charge is 0.465 e. The van der Waals surface area contributed by atoms with Gasteiger partial charge in [0, 0.05) is 16.7 Å². The average molecular weight is 499 g/mol. The van der Waals surface area contributed by atoms with Crippen molar-refractivity contribution in [2.75, 3.05) is 5.32 Å². The Morgan fingerprint density at radius 2 is 1.14 bits per heavy atom. The molecule has 2 aromatic heterocycles. The fourth-order valence-corrected chi connectivity index (χ4v) is 3.34. The van der Waals surface area contributed by atoms with Crippen LogP contribution in [0.2, 0.25) is 0 Å². The van der Waals surface area contributed by atoms with Crippen molar-refractivity contribution in [1.29, 1.82) is 0 Å². The highest BCUT2D eigenvalue weighted by Crippen LogP contribution is 2.24. The molecule has 0 spiro atoms. The van der Waals surface area contributed by atoms with Crippen molar-refractivity contribution in [3.8, 4) is 0 Å². The maximum atomic E-state index is 11.4. The maximum Gasteiger partial charge on any atom is 0.249 e. The molecule has 3 N–H and O–H groups in total. The minimum atomic E-state index is -0.427. The van der Waals surface area contributed by atoms with Crippen molar-refractivity contribution in [2.24, 2.45) is 5.73 Å². The molecule has 0 saturated heterocycles. The van der Waals surface area contributed by atoms with Gasteiger partial charge in [0.2, 0.25) is 21.7 Å². The highest BCUT2D eigenvalue weighted by Gasteiger charge is 2.21. The summed E-state index contributed by atoms with van der Waals surface area (Å²) in [6.07, 6.45) is 1.71. The van der Waals surface area contributed by atoms with Gasteiger partial charge < -0.3 is 19.9 Å². The fourth-order valence-electron chi connectivity index (χ4n) is 3.34. The quantitative estimate of drug-likeness (QED) is 0.369. The van der Waals surface area contributed by atoms with E-state index in [9.17, 15) is 19.2 Å². The first kappa shape index (κ1) is 30.5. The molecule has 0 aliphatic carbocycles. The first-order chi connectivity index (χ1) is 16.4. The summed E-state index contributed by atoms with van der Waals surface area (Å²) >= 11 is 0. The highest BCUT2D eigenvalue weighted by molar-refractivity contribution is 5.56. The Hall–Kier alpha value is -3.52. The Morgan fingerprint density at radius 1 is 0.694 bits per heavy atom. The third-order valence-corrected chi connectivity index (χ3v) is 6.00. The van der Waals surface area contributed by atoms with Gasteiger partial charge in [-0.3, -0.25) is 19.2 Å². The van der Waals surface area contributed by atoms with E-state index in [4.69, 9.17) is 14.6 Å². The highest BCUT2D eigenvalue weighted by atomic mass is 16.3. The van der Waals surface area contributed by atoms with E-state index in [1.807, 2.05) is 52.0 Å². The van der Waals surface area contributed by atoms with E-state index in [2.05, 4.69) is 5.32 Å². The van der Waals surface area contributed by atoms with Crippen LogP contribution in [0.15, 0.2) is 52.3 Å². The third kappa shape index (κ3) is 6.79. The van der Waals surface area contributed by atoms with Crippen molar-refractivity contribution in [2.45, 2.75) is 80.8 Å². The topological polar surface area (TPSA) is 133 Å². The molecule has 2 heterocycles. The minimum Gasteiger partial charge on any atom is -0.465 e. The molecule has 0 aliphatic rings. The number of aryl methyl sites for hydroxylation is 2. The van der Waals surface area contributed by atoms with Gasteiger partial charge in [0.25, 0.3) is 0 Å². The van der Waals surface area contributed by atoms with Gasteiger partial charge >= 0.3 is 0 Å². The van der Waals surface area contributed by atoms with E-state index in [-0.39, 0.29) is 30.4 Å². The van der Waals surface area contributed by atoms with Crippen LogP contribution in [-0.2, 0) is 0 Å². The van der Waals surface area contributed by atoms with Gasteiger partial charge in [0.1, 0.15) is 23.0 Å². The molecule has 0 aliphatic heterocycles. The lowest BCUT2D eigenvalue weighted by molar-refractivity contribution is 0.441. The van der Waals surface area contributed by atoms with Crippen LogP contribution in [0, 0.1) is 34.6 Å². The second-order valence-corrected chi connectivity index (χ2v) is 8.58. The van der Waals surface area contributed by atoms with Crippen LogP contribution in [-0.4, -0.2) is 0 Å². The molecule has 36 heavy (non-hydrogen) atoms. The smallest absolute Gasteiger partial charge is 0.249 e. The zero-order chi connectivity index (χ0) is 26.4. The monoisotopic (exact) mass is 498 g/mol. The van der Waals surface area contributed by atoms with Crippen molar-refractivity contribution in [3.63, 3.8) is 0 Å². The fraction of sp³-hybridized carbons (Fsp3) is 0.429. The first-order valence-electron chi connectivity index (χ1n) is 11.6. The maximum absolute atomic E-state index is 11.4. The van der Waals surface area contributed by atoms with Gasteiger partial charge in [-0.1, -0.05) is 21.3 Å². The number of anilines is 1. The molecule has 4 aromatic rings. The molecule has 0 amide bonds. The van der Waals surface area contributed by atoms with E-state index in [1.54, 1.807) is 20.8 Å². The number of nitrogens with two attached hydrogens (primary N) is 1. The summed E-state index contributed by atoms with van der Waals surface area (Å²) in [6.45, 7) is 12.8. The number of nitrogens with one attached hydrogen (secondary N) is 1. The molecule has 8 heteroatoms. The SMILES string of the molecule is C.CC[C@@H](N)c1ccc(C)o1.CC[C@@H](Nc1c(C)c(=O)c1=O)c1ccc(C)o1.Cc1c(C)c(=O)c1=O. The van der Waals surface area contributed by atoms with Gasteiger partial charge in [0.15, 0.2) is 0 Å². The summed E-state index contributed by atoms with van der Waals surface area (Å²) in [6, 6.07) is 7.64. The summed E-state index contributed by atoms with van der Waals surface area (Å²) in [5.41, 5.74) is 6.44. The molecular weight excluding hydrogens is 460 g/mol. The summed E-state index contributed by atoms with van der Waals surface area (Å²) in [5, 5.41) is 3.08. The Morgan fingerprint density at radius 3 is 1.47 bits per heavy atom. The molecule has 2 atom stereocenters. The van der Waals surface area contributed by atoms with E-state index >= 15 is 0 Å². The van der Waals surface area contributed by atoms with Crippen LogP contribution >= 0.6 is 0 Å². The molecule has 0 bridgehead atoms. The molecule has 0 unspecified atom stereocenters. The lowest BCUT2D eigenvalue weighted by Crippen LogP contribution is -2.37. The Balaban J connectivity index is 0.000000291. The van der Waals surface area contributed by atoms with Crippen LogP contribution in [0.4, 0.5) is 5.69 Å². The molecule has 8 nitrogen and oxygen atoms in total. The van der Waals surface area contributed by atoms with Crippen molar-refractivity contribution < 1.29 is 8.83 Å². The van der Waals surface area contributed by atoms with Crippen molar-refractivity contribution >= 4 is 5.69 Å². The van der Waals surface area contributed by atoms with Crippen LogP contribution < -0.4 is 32.8 Å². The van der Waals surface area contributed by atoms with Crippen LogP contribution in [0.5, 0.6) is 0 Å². The van der Waals surface area contributed by atoms with Crippen molar-refractivity contribution in [3.05, 3.63) is 105 Å². The van der Waals surface area contributed by atoms with Gasteiger partial charge in [-0.15, -0.1) is 0 Å². The molecule has 0 radical (unpaired) electrons. The van der Waals surface area contributed by atoms with Gasteiger partial charge in [-0.2, -0.15) is 0 Å². The normalized spacial score (nSPS) is 12.1. The summed E-state index contributed by atoms with van der Waals surface area (Å²) in [5.74, 6) is 3.44. The van der Waals surface area contributed by atoms with E-state index in [0.717, 1.165) is 35.9 Å². The molecule has 196 valence electrons. The molecular formula is C28H38N2O6. The predicted molar refractivity (Wildman–Crippen MR) is 144 cm³/mol. The zero-order valence-corrected chi connectivity index (χ0v) is 21.4. The van der Waals surface area contributed by atoms with Gasteiger partial charge in [0.05, 0.1) is 17.8 Å². The molecule has 0 saturated carbocycles. The van der Waals surface area contributed by atoms with Crippen LogP contribution in [0.25, 0.3) is 0 Å². The Kier molecular flexibility index (Phi) is 11.0. The Labute approximate surface area is 211 Å². The minimum absolute atomic E-state index is 0. The van der Waals surface area contributed by atoms with Crippen LogP contribution in [0.3, 0.4) is 0 Å². The summed E-state index contributed by atoms with van der Waals surface area (Å²) in [7, 11) is 0. The number of furan rings is 2. The van der Waals surface area contributed by atoms with Crippen LogP contribution in [0.1, 0.15) is 85.9 Å². The standard InChI is InChI=1S/C13H15NO3.C8H13NO.C6H6O2.CH4/c1-4-9(10-6-5-7(2)17-10)14-11-8(3)12(15)13(11)16;1-3-7(9)8-5-4-6(2)10-8;1-3-4(2)6(8)5(3)7;/h5-6,9,14H,4H2,1-3H3;4-5,7H,3,9H2,1-2H3;1-2H3;1H4/t9-;7-;;/m11../s1. The van der Waals surface area contributed by atoms with Crippen molar-refractivity contribution in [1.82, 2.24) is 0 Å². The number of rotatable bonds is 6. The second kappa shape index (κ2) is 13.0. The average Bonchev–Trinajstić information content (AvgIpc) is 3.51. The second-order valence-electron chi connectivity index (χ2n) is 8.58. The number of hydrogen-bond donors (Lipinski definition) is 2. The van der Waals surface area contributed by atoms with Gasteiger partial charge in [-0.25, -0.2) is 0 Å². The summed E-state index contributed by atoms with van der Waals surface area (Å²) in [4.78, 5) is 43.2. The third-order valence-electron chi connectivity index (χ3n) is 6.00. The van der Waals surface area contributed by atoms with Gasteiger partial charge in [-0.05, 0) is 71.7 Å². The molecule has 2 aromatic carbocycles. The zero-order valence-electron chi connectivity index (χ0n) is 21.4. The Bertz CT molecular complexity index is 1380. The molecule has 0 fully saturated rings. The predicted octanol–water partition coefficient (Wildman–Crippen LogP) is 4.59. The lowest BCUT2D eigenvalue weighted by Gasteiger charge is -2.18. The van der Waals surface area contributed by atoms with E-state index in [1.165, 1.54) is 0 Å². The lowest BCUT2D eigenvalue weighted by atomic mass is 10.1. The summed E-state index contributed by atoms with van der Waals surface area (Å²) < 4.78 is 10.8.